The summed E-state index contributed by atoms with van der Waals surface area (Å²) in [5.41, 5.74) is 0.538. The van der Waals surface area contributed by atoms with Crippen molar-refractivity contribution in [2.24, 2.45) is 0 Å². The average molecular weight is 279 g/mol. The Balaban J connectivity index is 2.53. The Morgan fingerprint density at radius 1 is 1.58 bits per heavy atom. The average Bonchev–Trinajstić information content (AvgIpc) is 2.83. The van der Waals surface area contributed by atoms with Gasteiger partial charge in [0.05, 0.1) is 6.61 Å². The molecule has 2 rings (SSSR count). The Kier molecular flexibility index (Phi) is 3.96. The van der Waals surface area contributed by atoms with Gasteiger partial charge in [-0.1, -0.05) is 11.3 Å². The van der Waals surface area contributed by atoms with Gasteiger partial charge in [-0.3, -0.25) is 0 Å². The summed E-state index contributed by atoms with van der Waals surface area (Å²) in [5, 5.41) is 15.2. The lowest BCUT2D eigenvalue weighted by Crippen LogP contribution is -2.28. The normalized spacial score (nSPS) is 10.2. The second-order valence-corrected chi connectivity index (χ2v) is 4.58. The minimum absolute atomic E-state index is 0.159. The van der Waals surface area contributed by atoms with Gasteiger partial charge in [0.2, 0.25) is 5.69 Å². The molecule has 6 nitrogen and oxygen atoms in total. The Bertz CT molecular complexity index is 598. The first-order chi connectivity index (χ1) is 9.17. The van der Waals surface area contributed by atoms with Crippen LogP contribution in [0.4, 0.5) is 5.13 Å². The first kappa shape index (κ1) is 13.3. The van der Waals surface area contributed by atoms with E-state index in [-0.39, 0.29) is 12.3 Å². The highest BCUT2D eigenvalue weighted by molar-refractivity contribution is 7.19. The van der Waals surface area contributed by atoms with Crippen molar-refractivity contribution in [1.82, 2.24) is 4.98 Å². The summed E-state index contributed by atoms with van der Waals surface area (Å²) in [7, 11) is 1.70. The van der Waals surface area contributed by atoms with Gasteiger partial charge in [-0.15, -0.1) is 0 Å². The molecule has 1 N–H and O–H groups in total. The number of pyridine rings is 1. The second-order valence-electron chi connectivity index (χ2n) is 3.58. The van der Waals surface area contributed by atoms with E-state index in [0.29, 0.717) is 20.4 Å². The zero-order chi connectivity index (χ0) is 13.8. The van der Waals surface area contributed by atoms with E-state index in [4.69, 9.17) is 4.74 Å². The fourth-order valence-corrected chi connectivity index (χ4v) is 2.46. The fourth-order valence-electron chi connectivity index (χ4n) is 1.54. The zero-order valence-electron chi connectivity index (χ0n) is 10.5. The van der Waals surface area contributed by atoms with Gasteiger partial charge < -0.3 is 15.3 Å². The SMILES string of the molecule is CCOC(=O)c1nc(NC)sc1-c1cccc[n+]1[O-]. The van der Waals surface area contributed by atoms with Crippen molar-refractivity contribution < 1.29 is 14.3 Å². The van der Waals surface area contributed by atoms with E-state index in [0.717, 1.165) is 0 Å². The first-order valence-electron chi connectivity index (χ1n) is 5.71. The maximum absolute atomic E-state index is 11.9. The standard InChI is InChI=1S/C12H13N3O3S/c1-3-18-11(16)9-10(19-12(13-2)14-9)8-6-4-5-7-15(8)17/h4-7H,3H2,1-2H3,(H,13,14). The number of nitrogens with one attached hydrogen (secondary N) is 1. The number of aromatic nitrogens is 2. The van der Waals surface area contributed by atoms with Gasteiger partial charge in [-0.05, 0) is 13.0 Å². The van der Waals surface area contributed by atoms with Crippen molar-refractivity contribution in [3.8, 4) is 10.6 Å². The molecule has 19 heavy (non-hydrogen) atoms. The largest absolute Gasteiger partial charge is 0.618 e. The summed E-state index contributed by atoms with van der Waals surface area (Å²) in [5.74, 6) is -0.529. The molecule has 0 unspecified atom stereocenters. The third-order valence-electron chi connectivity index (χ3n) is 2.37. The van der Waals surface area contributed by atoms with Crippen LogP contribution < -0.4 is 10.0 Å². The lowest BCUT2D eigenvalue weighted by atomic mass is 10.2. The van der Waals surface area contributed by atoms with E-state index in [2.05, 4.69) is 10.3 Å². The Morgan fingerprint density at radius 2 is 2.37 bits per heavy atom. The minimum atomic E-state index is -0.529. The first-order valence-corrected chi connectivity index (χ1v) is 6.53. The molecule has 0 saturated carbocycles. The van der Waals surface area contributed by atoms with E-state index >= 15 is 0 Å². The van der Waals surface area contributed by atoms with Crippen LogP contribution in [-0.2, 0) is 4.74 Å². The Morgan fingerprint density at radius 3 is 3.00 bits per heavy atom. The molecule has 2 aromatic heterocycles. The highest BCUT2D eigenvalue weighted by atomic mass is 32.1. The highest BCUT2D eigenvalue weighted by Crippen LogP contribution is 2.31. The van der Waals surface area contributed by atoms with E-state index < -0.39 is 5.97 Å². The number of carbonyl (C=O) groups excluding carboxylic acids is 1. The summed E-state index contributed by atoms with van der Waals surface area (Å²) in [6.07, 6.45) is 1.38. The molecule has 0 bridgehead atoms. The predicted octanol–water partition coefficient (Wildman–Crippen LogP) is 1.66. The van der Waals surface area contributed by atoms with E-state index in [1.807, 2.05) is 0 Å². The molecule has 0 fully saturated rings. The number of hydrogen-bond donors (Lipinski definition) is 1. The molecule has 0 saturated heterocycles. The zero-order valence-corrected chi connectivity index (χ0v) is 11.4. The number of ether oxygens (including phenoxy) is 1. The van der Waals surface area contributed by atoms with E-state index in [1.54, 1.807) is 32.2 Å². The molecule has 0 aliphatic heterocycles. The van der Waals surface area contributed by atoms with Gasteiger partial charge in [0.1, 0.15) is 4.88 Å². The topological polar surface area (TPSA) is 78.2 Å². The van der Waals surface area contributed by atoms with Crippen LogP contribution in [0.5, 0.6) is 0 Å². The van der Waals surface area contributed by atoms with Gasteiger partial charge in [0.25, 0.3) is 0 Å². The molecule has 2 aromatic rings. The molecule has 0 spiro atoms. The third-order valence-corrected chi connectivity index (χ3v) is 3.46. The molecule has 0 aromatic carbocycles. The van der Waals surface area contributed by atoms with Crippen LogP contribution in [0.25, 0.3) is 10.6 Å². The molecule has 100 valence electrons. The van der Waals surface area contributed by atoms with Gasteiger partial charge in [-0.25, -0.2) is 9.78 Å². The second kappa shape index (κ2) is 5.66. The van der Waals surface area contributed by atoms with Gasteiger partial charge in [-0.2, -0.15) is 4.73 Å². The molecular weight excluding hydrogens is 266 g/mol. The molecule has 0 radical (unpaired) electrons. The summed E-state index contributed by atoms with van der Waals surface area (Å²) in [4.78, 5) is 16.5. The molecule has 7 heteroatoms. The maximum atomic E-state index is 11.9. The van der Waals surface area contributed by atoms with Gasteiger partial charge in [0, 0.05) is 19.2 Å². The fraction of sp³-hybridized carbons (Fsp3) is 0.250. The molecule has 0 aliphatic carbocycles. The Hall–Kier alpha value is -2.15. The number of thiazole rings is 1. The van der Waals surface area contributed by atoms with Crippen LogP contribution >= 0.6 is 11.3 Å². The number of esters is 1. The van der Waals surface area contributed by atoms with Crippen LogP contribution in [0, 0.1) is 5.21 Å². The van der Waals surface area contributed by atoms with Crippen molar-refractivity contribution in [1.29, 1.82) is 0 Å². The quantitative estimate of drug-likeness (QED) is 0.523. The summed E-state index contributed by atoms with van der Waals surface area (Å²) in [6, 6.07) is 5.00. The molecule has 2 heterocycles. The van der Waals surface area contributed by atoms with E-state index in [1.165, 1.54) is 17.5 Å². The minimum Gasteiger partial charge on any atom is -0.618 e. The van der Waals surface area contributed by atoms with Crippen molar-refractivity contribution in [3.63, 3.8) is 0 Å². The van der Waals surface area contributed by atoms with Gasteiger partial charge >= 0.3 is 5.97 Å². The number of nitrogens with zero attached hydrogens (tertiary/aromatic N) is 2. The number of carbonyl (C=O) groups is 1. The van der Waals surface area contributed by atoms with Crippen molar-refractivity contribution in [2.75, 3.05) is 19.0 Å². The number of anilines is 1. The third kappa shape index (κ3) is 2.65. The van der Waals surface area contributed by atoms with Crippen LogP contribution in [0.2, 0.25) is 0 Å². The maximum Gasteiger partial charge on any atom is 0.358 e. The molecular formula is C12H13N3O3S. The lowest BCUT2D eigenvalue weighted by molar-refractivity contribution is -0.593. The molecule has 0 amide bonds. The van der Waals surface area contributed by atoms with Gasteiger partial charge in [0.15, 0.2) is 17.0 Å². The van der Waals surface area contributed by atoms with E-state index in [9.17, 15) is 10.0 Å². The van der Waals surface area contributed by atoms with Crippen LogP contribution in [0.3, 0.4) is 0 Å². The summed E-state index contributed by atoms with van der Waals surface area (Å²) >= 11 is 1.24. The molecule has 0 atom stereocenters. The number of rotatable bonds is 4. The summed E-state index contributed by atoms with van der Waals surface area (Å²) < 4.78 is 5.66. The molecule has 0 aliphatic rings. The van der Waals surface area contributed by atoms with Crippen LogP contribution in [0.15, 0.2) is 24.4 Å². The smallest absolute Gasteiger partial charge is 0.358 e. The summed E-state index contributed by atoms with van der Waals surface area (Å²) in [6.45, 7) is 1.98. The van der Waals surface area contributed by atoms with Crippen LogP contribution in [0.1, 0.15) is 17.4 Å². The Labute approximate surface area is 114 Å². The lowest BCUT2D eigenvalue weighted by Gasteiger charge is -2.03. The van der Waals surface area contributed by atoms with Crippen LogP contribution in [-0.4, -0.2) is 24.6 Å². The monoisotopic (exact) mass is 279 g/mol. The van der Waals surface area contributed by atoms with Crippen molar-refractivity contribution in [2.45, 2.75) is 6.92 Å². The highest BCUT2D eigenvalue weighted by Gasteiger charge is 2.24. The van der Waals surface area contributed by atoms with Crippen molar-refractivity contribution >= 4 is 22.4 Å². The number of hydrogen-bond acceptors (Lipinski definition) is 6. The van der Waals surface area contributed by atoms with Crippen molar-refractivity contribution in [3.05, 3.63) is 35.3 Å². The predicted molar refractivity (Wildman–Crippen MR) is 72.0 cm³/mol.